The number of carbonyl (C=O) groups is 2. The third kappa shape index (κ3) is 4.62. The monoisotopic (exact) mass is 385 g/mol. The molecule has 0 spiro atoms. The summed E-state index contributed by atoms with van der Waals surface area (Å²) in [5.74, 6) is 0.318. The molecule has 2 aromatic rings. The van der Waals surface area contributed by atoms with Gasteiger partial charge in [-0.3, -0.25) is 9.89 Å². The summed E-state index contributed by atoms with van der Waals surface area (Å²) in [4.78, 5) is 25.6. The van der Waals surface area contributed by atoms with Crippen molar-refractivity contribution in [3.8, 4) is 5.75 Å². The Labute approximate surface area is 164 Å². The maximum absolute atomic E-state index is 12.6. The predicted molar refractivity (Wildman–Crippen MR) is 108 cm³/mol. The van der Waals surface area contributed by atoms with Crippen LogP contribution in [0.3, 0.4) is 0 Å². The van der Waals surface area contributed by atoms with E-state index in [9.17, 15) is 9.59 Å². The van der Waals surface area contributed by atoms with E-state index in [1.807, 2.05) is 0 Å². The Morgan fingerprint density at radius 2 is 2.00 bits per heavy atom. The minimum atomic E-state index is -0.246. The van der Waals surface area contributed by atoms with E-state index < -0.39 is 0 Å². The van der Waals surface area contributed by atoms with E-state index in [2.05, 4.69) is 20.8 Å². The van der Waals surface area contributed by atoms with Crippen molar-refractivity contribution in [2.45, 2.75) is 45.6 Å². The Kier molecular flexibility index (Phi) is 6.18. The number of carbonyl (C=O) groups excluding carboxylic acids is 2. The van der Waals surface area contributed by atoms with Crippen molar-refractivity contribution in [2.75, 3.05) is 24.8 Å². The number of fused-ring (bicyclic) bond motifs is 1. The van der Waals surface area contributed by atoms with Crippen LogP contribution in [-0.2, 0) is 24.2 Å². The molecule has 0 fully saturated rings. The van der Waals surface area contributed by atoms with Crippen LogP contribution in [0.25, 0.3) is 0 Å². The number of aromatic amines is 1. The molecule has 1 aromatic carbocycles. The quantitative estimate of drug-likeness (QED) is 0.688. The highest BCUT2D eigenvalue weighted by atomic mass is 16.5. The van der Waals surface area contributed by atoms with Crippen molar-refractivity contribution in [1.82, 2.24) is 15.1 Å². The van der Waals surface area contributed by atoms with E-state index in [0.717, 1.165) is 25.0 Å². The number of hydrogen-bond donors (Lipinski definition) is 3. The van der Waals surface area contributed by atoms with E-state index in [-0.39, 0.29) is 11.9 Å². The standard InChI is InChI=1S/C20H27N5O3/c1-13(26)21-17-11-14(9-10-19(17)28-3)22-20(27)25(2)12-18-15-7-5-4-6-8-16(15)23-24-18/h9-11H,4-8,12H2,1-3H3,(H,21,26)(H,22,27)(H,23,24). The van der Waals surface area contributed by atoms with Gasteiger partial charge in [0.15, 0.2) is 0 Å². The number of hydrogen-bond acceptors (Lipinski definition) is 4. The smallest absolute Gasteiger partial charge is 0.321 e. The molecule has 0 saturated carbocycles. The summed E-state index contributed by atoms with van der Waals surface area (Å²) in [6.07, 6.45) is 5.60. The van der Waals surface area contributed by atoms with E-state index in [4.69, 9.17) is 4.74 Å². The van der Waals surface area contributed by atoms with Crippen LogP contribution in [0.4, 0.5) is 16.2 Å². The number of methoxy groups -OCH3 is 1. The van der Waals surface area contributed by atoms with Crippen LogP contribution in [-0.4, -0.2) is 41.2 Å². The zero-order chi connectivity index (χ0) is 20.1. The highest BCUT2D eigenvalue weighted by molar-refractivity contribution is 5.94. The Morgan fingerprint density at radius 1 is 1.21 bits per heavy atom. The molecule has 8 nitrogen and oxygen atoms in total. The van der Waals surface area contributed by atoms with Crippen LogP contribution >= 0.6 is 0 Å². The highest BCUT2D eigenvalue weighted by Gasteiger charge is 2.19. The molecule has 0 aliphatic heterocycles. The lowest BCUT2D eigenvalue weighted by molar-refractivity contribution is -0.114. The number of benzene rings is 1. The topological polar surface area (TPSA) is 99.3 Å². The SMILES string of the molecule is COc1ccc(NC(=O)N(C)Cc2n[nH]c3c2CCCCC3)cc1NC(C)=O. The zero-order valence-corrected chi connectivity index (χ0v) is 16.6. The van der Waals surface area contributed by atoms with Crippen LogP contribution in [0, 0.1) is 0 Å². The first-order valence-corrected chi connectivity index (χ1v) is 9.50. The molecule has 1 aliphatic rings. The Morgan fingerprint density at radius 3 is 2.75 bits per heavy atom. The molecule has 0 bridgehead atoms. The van der Waals surface area contributed by atoms with Crippen molar-refractivity contribution in [3.05, 3.63) is 35.2 Å². The second-order valence-corrected chi connectivity index (χ2v) is 7.07. The third-order valence-electron chi connectivity index (χ3n) is 4.89. The number of anilines is 2. The Hall–Kier alpha value is -3.03. The van der Waals surface area contributed by atoms with Gasteiger partial charge in [0.25, 0.3) is 0 Å². The Balaban J connectivity index is 1.68. The molecule has 1 heterocycles. The molecule has 3 N–H and O–H groups in total. The molecule has 0 unspecified atom stereocenters. The summed E-state index contributed by atoms with van der Waals surface area (Å²) in [5.41, 5.74) is 4.48. The van der Waals surface area contributed by atoms with Crippen molar-refractivity contribution in [1.29, 1.82) is 0 Å². The summed E-state index contributed by atoms with van der Waals surface area (Å²) in [5, 5.41) is 13.1. The van der Waals surface area contributed by atoms with E-state index in [1.54, 1.807) is 30.1 Å². The van der Waals surface area contributed by atoms with Gasteiger partial charge in [-0.2, -0.15) is 5.10 Å². The summed E-state index contributed by atoms with van der Waals surface area (Å²) in [6, 6.07) is 4.86. The molecule has 0 radical (unpaired) electrons. The number of H-pyrrole nitrogens is 1. The molecule has 28 heavy (non-hydrogen) atoms. The molecule has 1 aromatic heterocycles. The van der Waals surface area contributed by atoms with Gasteiger partial charge in [-0.25, -0.2) is 4.79 Å². The van der Waals surface area contributed by atoms with Gasteiger partial charge in [0.1, 0.15) is 5.75 Å². The van der Waals surface area contributed by atoms with Gasteiger partial charge in [-0.15, -0.1) is 0 Å². The molecule has 3 rings (SSSR count). The molecular weight excluding hydrogens is 358 g/mol. The minimum Gasteiger partial charge on any atom is -0.495 e. The lowest BCUT2D eigenvalue weighted by atomic mass is 10.1. The number of aromatic nitrogens is 2. The average Bonchev–Trinajstić information content (AvgIpc) is 2.88. The molecule has 150 valence electrons. The maximum atomic E-state index is 12.6. The molecule has 1 aliphatic carbocycles. The van der Waals surface area contributed by atoms with Gasteiger partial charge < -0.3 is 20.3 Å². The normalized spacial score (nSPS) is 13.2. The number of urea groups is 1. The largest absolute Gasteiger partial charge is 0.495 e. The van der Waals surface area contributed by atoms with Crippen LogP contribution in [0.15, 0.2) is 18.2 Å². The van der Waals surface area contributed by atoms with Gasteiger partial charge in [0, 0.05) is 25.4 Å². The second-order valence-electron chi connectivity index (χ2n) is 7.07. The fourth-order valence-corrected chi connectivity index (χ4v) is 3.45. The number of nitrogens with one attached hydrogen (secondary N) is 3. The highest BCUT2D eigenvalue weighted by Crippen LogP contribution is 2.28. The molecule has 0 atom stereocenters. The van der Waals surface area contributed by atoms with E-state index in [0.29, 0.717) is 23.7 Å². The van der Waals surface area contributed by atoms with Crippen molar-refractivity contribution in [3.63, 3.8) is 0 Å². The molecular formula is C20H27N5O3. The number of aryl methyl sites for hydroxylation is 1. The number of nitrogens with zero attached hydrogens (tertiary/aromatic N) is 2. The zero-order valence-electron chi connectivity index (χ0n) is 16.6. The van der Waals surface area contributed by atoms with Gasteiger partial charge in [0.05, 0.1) is 25.0 Å². The second kappa shape index (κ2) is 8.77. The van der Waals surface area contributed by atoms with Crippen LogP contribution in [0.2, 0.25) is 0 Å². The number of ether oxygens (including phenoxy) is 1. The van der Waals surface area contributed by atoms with Crippen molar-refractivity contribution < 1.29 is 14.3 Å². The molecule has 8 heteroatoms. The maximum Gasteiger partial charge on any atom is 0.321 e. The summed E-state index contributed by atoms with van der Waals surface area (Å²) >= 11 is 0. The van der Waals surface area contributed by atoms with Crippen LogP contribution in [0.5, 0.6) is 5.75 Å². The summed E-state index contributed by atoms with van der Waals surface area (Å²) < 4.78 is 5.24. The molecule has 3 amide bonds. The Bertz CT molecular complexity index is 862. The van der Waals surface area contributed by atoms with Gasteiger partial charge >= 0.3 is 6.03 Å². The summed E-state index contributed by atoms with van der Waals surface area (Å²) in [7, 11) is 3.27. The van der Waals surface area contributed by atoms with E-state index in [1.165, 1.54) is 38.1 Å². The number of amides is 3. The van der Waals surface area contributed by atoms with Crippen LogP contribution in [0.1, 0.15) is 43.1 Å². The first-order chi connectivity index (χ1) is 13.5. The van der Waals surface area contributed by atoms with Gasteiger partial charge in [-0.05, 0) is 49.4 Å². The number of rotatable bonds is 5. The van der Waals surface area contributed by atoms with E-state index >= 15 is 0 Å². The molecule has 0 saturated heterocycles. The fourth-order valence-electron chi connectivity index (χ4n) is 3.45. The third-order valence-corrected chi connectivity index (χ3v) is 4.89. The first-order valence-electron chi connectivity index (χ1n) is 9.50. The first kappa shape index (κ1) is 19.7. The minimum absolute atomic E-state index is 0.210. The van der Waals surface area contributed by atoms with Crippen LogP contribution < -0.4 is 15.4 Å². The average molecular weight is 385 g/mol. The van der Waals surface area contributed by atoms with Gasteiger partial charge in [-0.1, -0.05) is 6.42 Å². The van der Waals surface area contributed by atoms with Crippen molar-refractivity contribution >= 4 is 23.3 Å². The fraction of sp³-hybridized carbons (Fsp3) is 0.450. The van der Waals surface area contributed by atoms with Crippen molar-refractivity contribution in [2.24, 2.45) is 0 Å². The lowest BCUT2D eigenvalue weighted by Crippen LogP contribution is -2.31. The lowest BCUT2D eigenvalue weighted by Gasteiger charge is -2.18. The van der Waals surface area contributed by atoms with Gasteiger partial charge in [0.2, 0.25) is 5.91 Å². The summed E-state index contributed by atoms with van der Waals surface area (Å²) in [6.45, 7) is 1.86. The predicted octanol–water partition coefficient (Wildman–Crippen LogP) is 3.31.